The highest BCUT2D eigenvalue weighted by atomic mass is 32.1. The molecule has 1 atom stereocenters. The van der Waals surface area contributed by atoms with Gasteiger partial charge in [0, 0.05) is 44.3 Å². The standard InChI is InChI=1S/C18H19FN2O2S/c1-20(2)10-5-6-11(12(19)9-10)15-17(22)16(18(15)23)13-7-8-14(24-13)21(3)4/h5-9,16,22H,1-4H3. The summed E-state index contributed by atoms with van der Waals surface area (Å²) in [5.41, 5.74) is 0.944. The lowest BCUT2D eigenvalue weighted by Crippen LogP contribution is -2.28. The maximum Gasteiger partial charge on any atom is 0.182 e. The van der Waals surface area contributed by atoms with Gasteiger partial charge in [0.1, 0.15) is 17.5 Å². The number of ketones is 1. The van der Waals surface area contributed by atoms with Crippen LogP contribution < -0.4 is 9.80 Å². The number of carbonyl (C=O) groups excluding carboxylic acids is 1. The van der Waals surface area contributed by atoms with Gasteiger partial charge in [-0.3, -0.25) is 4.79 Å². The van der Waals surface area contributed by atoms with Gasteiger partial charge in [-0.1, -0.05) is 0 Å². The smallest absolute Gasteiger partial charge is 0.182 e. The summed E-state index contributed by atoms with van der Waals surface area (Å²) in [4.78, 5) is 17.0. The normalized spacial score (nSPS) is 17.0. The van der Waals surface area contributed by atoms with Crippen LogP contribution in [0.15, 0.2) is 36.1 Å². The van der Waals surface area contributed by atoms with Crippen molar-refractivity contribution in [2.45, 2.75) is 5.92 Å². The topological polar surface area (TPSA) is 43.8 Å². The molecule has 6 heteroatoms. The number of aliphatic hydroxyl groups excluding tert-OH is 1. The molecule has 0 amide bonds. The first-order chi connectivity index (χ1) is 11.3. The van der Waals surface area contributed by atoms with E-state index in [-0.39, 0.29) is 22.7 Å². The molecular weight excluding hydrogens is 327 g/mol. The van der Waals surface area contributed by atoms with Gasteiger partial charge in [0.25, 0.3) is 0 Å². The number of Topliss-reactive ketones (excluding diaryl/α,β-unsaturated/α-hetero) is 1. The fourth-order valence-corrected chi connectivity index (χ4v) is 3.75. The van der Waals surface area contributed by atoms with Crippen molar-refractivity contribution in [2.75, 3.05) is 38.0 Å². The molecule has 1 N–H and O–H groups in total. The second-order valence-electron chi connectivity index (χ2n) is 6.19. The Labute approximate surface area is 144 Å². The van der Waals surface area contributed by atoms with Crippen molar-refractivity contribution in [1.29, 1.82) is 0 Å². The van der Waals surface area contributed by atoms with E-state index in [0.29, 0.717) is 5.69 Å². The summed E-state index contributed by atoms with van der Waals surface area (Å²) in [6.07, 6.45) is 0. The number of anilines is 2. The van der Waals surface area contributed by atoms with Crippen LogP contribution in [0, 0.1) is 5.82 Å². The Kier molecular flexibility index (Phi) is 4.09. The van der Waals surface area contributed by atoms with E-state index in [1.165, 1.54) is 17.4 Å². The second-order valence-corrected chi connectivity index (χ2v) is 7.28. The lowest BCUT2D eigenvalue weighted by molar-refractivity contribution is -0.116. The van der Waals surface area contributed by atoms with Gasteiger partial charge in [-0.15, -0.1) is 11.3 Å². The summed E-state index contributed by atoms with van der Waals surface area (Å²) < 4.78 is 14.3. The van der Waals surface area contributed by atoms with E-state index < -0.39 is 11.7 Å². The predicted molar refractivity (Wildman–Crippen MR) is 96.7 cm³/mol. The van der Waals surface area contributed by atoms with E-state index >= 15 is 0 Å². The molecule has 0 saturated heterocycles. The van der Waals surface area contributed by atoms with Gasteiger partial charge in [-0.25, -0.2) is 4.39 Å². The first-order valence-electron chi connectivity index (χ1n) is 7.53. The Morgan fingerprint density at radius 3 is 2.29 bits per heavy atom. The SMILES string of the molecule is CN(C)c1ccc(C2=C(O)C(c3ccc(N(C)C)s3)C2=O)c(F)c1. The summed E-state index contributed by atoms with van der Waals surface area (Å²) in [6, 6.07) is 8.39. The van der Waals surface area contributed by atoms with Gasteiger partial charge >= 0.3 is 0 Å². The third-order valence-corrected chi connectivity index (χ3v) is 5.43. The van der Waals surface area contributed by atoms with Crippen LogP contribution in [0.3, 0.4) is 0 Å². The number of hydrogen-bond acceptors (Lipinski definition) is 5. The van der Waals surface area contributed by atoms with Crippen LogP contribution in [0.4, 0.5) is 15.1 Å². The number of hydrogen-bond donors (Lipinski definition) is 1. The monoisotopic (exact) mass is 346 g/mol. The summed E-state index contributed by atoms with van der Waals surface area (Å²) in [5, 5.41) is 11.4. The zero-order valence-electron chi connectivity index (χ0n) is 14.0. The van der Waals surface area contributed by atoms with Crippen molar-refractivity contribution in [3.05, 3.63) is 52.3 Å². The Morgan fingerprint density at radius 1 is 1.08 bits per heavy atom. The molecule has 1 aliphatic rings. The molecule has 1 aromatic heterocycles. The zero-order chi connectivity index (χ0) is 17.6. The minimum absolute atomic E-state index is 0.0522. The third kappa shape index (κ3) is 2.57. The van der Waals surface area contributed by atoms with Crippen molar-refractivity contribution in [3.8, 4) is 0 Å². The Bertz CT molecular complexity index is 839. The number of benzene rings is 1. The first kappa shape index (κ1) is 16.5. The molecular formula is C18H19FN2O2S. The molecule has 1 aliphatic carbocycles. The van der Waals surface area contributed by atoms with Crippen LogP contribution in [-0.2, 0) is 4.79 Å². The molecule has 24 heavy (non-hydrogen) atoms. The first-order valence-corrected chi connectivity index (χ1v) is 8.34. The molecule has 1 unspecified atom stereocenters. The highest BCUT2D eigenvalue weighted by Crippen LogP contribution is 2.46. The lowest BCUT2D eigenvalue weighted by Gasteiger charge is -2.27. The fourth-order valence-electron chi connectivity index (χ4n) is 2.72. The molecule has 0 radical (unpaired) electrons. The minimum Gasteiger partial charge on any atom is -0.510 e. The quantitative estimate of drug-likeness (QED) is 0.918. The van der Waals surface area contributed by atoms with Crippen LogP contribution in [-0.4, -0.2) is 39.1 Å². The maximum absolute atomic E-state index is 14.3. The summed E-state index contributed by atoms with van der Waals surface area (Å²) in [7, 11) is 7.46. The largest absolute Gasteiger partial charge is 0.510 e. The van der Waals surface area contributed by atoms with Crippen LogP contribution in [0.1, 0.15) is 16.4 Å². The van der Waals surface area contributed by atoms with E-state index in [4.69, 9.17) is 0 Å². The van der Waals surface area contributed by atoms with Crippen LogP contribution >= 0.6 is 11.3 Å². The summed E-state index contributed by atoms with van der Waals surface area (Å²) in [6.45, 7) is 0. The van der Waals surface area contributed by atoms with Crippen molar-refractivity contribution in [3.63, 3.8) is 0 Å². The maximum atomic E-state index is 14.3. The zero-order valence-corrected chi connectivity index (χ0v) is 14.8. The number of thiophene rings is 1. The summed E-state index contributed by atoms with van der Waals surface area (Å²) in [5.74, 6) is -1.47. The van der Waals surface area contributed by atoms with Crippen molar-refractivity contribution in [1.82, 2.24) is 0 Å². The van der Waals surface area contributed by atoms with Gasteiger partial charge in [0.05, 0.1) is 10.6 Å². The number of allylic oxidation sites excluding steroid dienone is 2. The molecule has 0 aliphatic heterocycles. The average Bonchev–Trinajstić information content (AvgIpc) is 2.98. The molecule has 126 valence electrons. The molecule has 1 aromatic carbocycles. The van der Waals surface area contributed by atoms with Crippen LogP contribution in [0.2, 0.25) is 0 Å². The number of carbonyl (C=O) groups is 1. The molecule has 0 spiro atoms. The van der Waals surface area contributed by atoms with Gasteiger partial charge in [-0.2, -0.15) is 0 Å². The fraction of sp³-hybridized carbons (Fsp3) is 0.278. The van der Waals surface area contributed by atoms with Crippen LogP contribution in [0.25, 0.3) is 5.57 Å². The molecule has 4 nitrogen and oxygen atoms in total. The van der Waals surface area contributed by atoms with E-state index in [2.05, 4.69) is 0 Å². The number of rotatable bonds is 4. The molecule has 1 heterocycles. The highest BCUT2D eigenvalue weighted by molar-refractivity contribution is 7.16. The third-order valence-electron chi connectivity index (χ3n) is 4.11. The van der Waals surface area contributed by atoms with Crippen molar-refractivity contribution >= 4 is 33.4 Å². The number of nitrogens with zero attached hydrogens (tertiary/aromatic N) is 2. The highest BCUT2D eigenvalue weighted by Gasteiger charge is 2.43. The Balaban J connectivity index is 1.95. The van der Waals surface area contributed by atoms with E-state index in [0.717, 1.165) is 9.88 Å². The van der Waals surface area contributed by atoms with Gasteiger partial charge in [0.15, 0.2) is 5.78 Å². The van der Waals surface area contributed by atoms with Crippen molar-refractivity contribution < 1.29 is 14.3 Å². The lowest BCUT2D eigenvalue weighted by atomic mass is 9.77. The Morgan fingerprint density at radius 2 is 1.79 bits per heavy atom. The Hall–Kier alpha value is -2.34. The molecule has 0 fully saturated rings. The minimum atomic E-state index is -0.674. The predicted octanol–water partition coefficient (Wildman–Crippen LogP) is 3.65. The average molecular weight is 346 g/mol. The number of halogens is 1. The molecule has 2 aromatic rings. The van der Waals surface area contributed by atoms with E-state index in [1.807, 2.05) is 45.2 Å². The van der Waals surface area contributed by atoms with Gasteiger partial charge in [0.2, 0.25) is 0 Å². The van der Waals surface area contributed by atoms with Crippen molar-refractivity contribution in [2.24, 2.45) is 0 Å². The van der Waals surface area contributed by atoms with Crippen LogP contribution in [0.5, 0.6) is 0 Å². The van der Waals surface area contributed by atoms with Gasteiger partial charge in [-0.05, 0) is 30.3 Å². The molecule has 0 bridgehead atoms. The molecule has 0 saturated carbocycles. The number of aliphatic hydroxyl groups is 1. The second kappa shape index (κ2) is 5.94. The summed E-state index contributed by atoms with van der Waals surface area (Å²) >= 11 is 1.45. The molecule has 3 rings (SSSR count). The van der Waals surface area contributed by atoms with E-state index in [1.54, 1.807) is 17.0 Å². The van der Waals surface area contributed by atoms with E-state index in [9.17, 15) is 14.3 Å². The van der Waals surface area contributed by atoms with Gasteiger partial charge < -0.3 is 14.9 Å².